The van der Waals surface area contributed by atoms with Crippen molar-refractivity contribution in [3.05, 3.63) is 0 Å². The molecule has 1 rings (SSSR count). The smallest absolute Gasteiger partial charge is 0.126 e. The molecule has 2 nitrogen and oxygen atoms in total. The molecule has 1 aliphatic heterocycles. The number of halogens is 1. The number of hydrogen-bond acceptors (Lipinski definition) is 2. The number of alkyl halides is 1. The van der Waals surface area contributed by atoms with Gasteiger partial charge in [0.05, 0.1) is 6.10 Å². The Kier molecular flexibility index (Phi) is 3.95. The lowest BCUT2D eigenvalue weighted by Crippen LogP contribution is -2.31. The van der Waals surface area contributed by atoms with E-state index < -0.39 is 12.3 Å². The Morgan fingerprint density at radius 2 is 2.08 bits per heavy atom. The van der Waals surface area contributed by atoms with E-state index in [2.05, 4.69) is 5.32 Å². The first-order chi connectivity index (χ1) is 5.70. The Bertz CT molecular complexity index is 124. The number of hydrogen-bond donors (Lipinski definition) is 2. The van der Waals surface area contributed by atoms with Gasteiger partial charge in [0.2, 0.25) is 0 Å². The van der Waals surface area contributed by atoms with E-state index in [1.54, 1.807) is 0 Å². The molecule has 0 aliphatic carbocycles. The molecule has 2 unspecified atom stereocenters. The van der Waals surface area contributed by atoms with Gasteiger partial charge in [-0.05, 0) is 45.2 Å². The van der Waals surface area contributed by atoms with Crippen LogP contribution in [-0.4, -0.2) is 30.5 Å². The average Bonchev–Trinajstić information content (AvgIpc) is 2.06. The van der Waals surface area contributed by atoms with Crippen molar-refractivity contribution < 1.29 is 9.50 Å². The lowest BCUT2D eigenvalue weighted by atomic mass is 9.91. The Morgan fingerprint density at radius 3 is 2.58 bits per heavy atom. The van der Waals surface area contributed by atoms with Crippen LogP contribution in [0.5, 0.6) is 0 Å². The summed E-state index contributed by atoms with van der Waals surface area (Å²) in [6.07, 6.45) is 0.785. The SMILES string of the molecule is CC(O)C(F)CC1CCNCC1. The largest absolute Gasteiger partial charge is 0.390 e. The highest BCUT2D eigenvalue weighted by Crippen LogP contribution is 2.20. The number of piperidine rings is 1. The second-order valence-electron chi connectivity index (χ2n) is 3.69. The van der Waals surface area contributed by atoms with Crippen LogP contribution in [0.25, 0.3) is 0 Å². The van der Waals surface area contributed by atoms with Crippen molar-refractivity contribution in [2.24, 2.45) is 5.92 Å². The number of aliphatic hydroxyl groups excluding tert-OH is 1. The lowest BCUT2D eigenvalue weighted by molar-refractivity contribution is 0.0724. The minimum Gasteiger partial charge on any atom is -0.390 e. The van der Waals surface area contributed by atoms with Gasteiger partial charge in [0, 0.05) is 0 Å². The normalized spacial score (nSPS) is 25.2. The second kappa shape index (κ2) is 4.77. The van der Waals surface area contributed by atoms with Crippen molar-refractivity contribution in [2.75, 3.05) is 13.1 Å². The molecule has 0 radical (unpaired) electrons. The van der Waals surface area contributed by atoms with Crippen LogP contribution in [0.4, 0.5) is 4.39 Å². The summed E-state index contributed by atoms with van der Waals surface area (Å²) < 4.78 is 13.0. The molecule has 0 spiro atoms. The molecule has 3 heteroatoms. The van der Waals surface area contributed by atoms with Gasteiger partial charge in [-0.1, -0.05) is 0 Å². The predicted molar refractivity (Wildman–Crippen MR) is 46.8 cm³/mol. The third-order valence-corrected chi connectivity index (χ3v) is 2.54. The van der Waals surface area contributed by atoms with E-state index >= 15 is 0 Å². The standard InChI is InChI=1S/C9H18FNO/c1-7(12)9(10)6-8-2-4-11-5-3-8/h7-9,11-12H,2-6H2,1H3. The van der Waals surface area contributed by atoms with Crippen LogP contribution in [0.1, 0.15) is 26.2 Å². The minimum atomic E-state index is -1.03. The summed E-state index contributed by atoms with van der Waals surface area (Å²) >= 11 is 0. The summed E-state index contributed by atoms with van der Waals surface area (Å²) in [6.45, 7) is 3.51. The van der Waals surface area contributed by atoms with Crippen LogP contribution in [-0.2, 0) is 0 Å². The van der Waals surface area contributed by atoms with Crippen LogP contribution in [0.2, 0.25) is 0 Å². The summed E-state index contributed by atoms with van der Waals surface area (Å²) in [5, 5.41) is 12.2. The highest BCUT2D eigenvalue weighted by atomic mass is 19.1. The highest BCUT2D eigenvalue weighted by molar-refractivity contribution is 4.74. The van der Waals surface area contributed by atoms with Crippen molar-refractivity contribution in [1.29, 1.82) is 0 Å². The molecule has 1 fully saturated rings. The number of rotatable bonds is 3. The van der Waals surface area contributed by atoms with E-state index in [0.717, 1.165) is 25.9 Å². The van der Waals surface area contributed by atoms with Gasteiger partial charge in [0.25, 0.3) is 0 Å². The molecular weight excluding hydrogens is 157 g/mol. The maximum Gasteiger partial charge on any atom is 0.126 e. The molecule has 12 heavy (non-hydrogen) atoms. The summed E-state index contributed by atoms with van der Waals surface area (Å²) in [6, 6.07) is 0. The van der Waals surface area contributed by atoms with Crippen LogP contribution in [0, 0.1) is 5.92 Å². The zero-order valence-electron chi connectivity index (χ0n) is 7.59. The first kappa shape index (κ1) is 9.93. The fraction of sp³-hybridized carbons (Fsp3) is 1.00. The van der Waals surface area contributed by atoms with E-state index in [9.17, 15) is 4.39 Å². The van der Waals surface area contributed by atoms with Gasteiger partial charge in [0.15, 0.2) is 0 Å². The van der Waals surface area contributed by atoms with E-state index in [1.165, 1.54) is 6.92 Å². The number of nitrogens with one attached hydrogen (secondary N) is 1. The van der Waals surface area contributed by atoms with Gasteiger partial charge >= 0.3 is 0 Å². The minimum absolute atomic E-state index is 0.468. The van der Waals surface area contributed by atoms with Crippen molar-refractivity contribution in [3.8, 4) is 0 Å². The van der Waals surface area contributed by atoms with Crippen molar-refractivity contribution >= 4 is 0 Å². The van der Waals surface area contributed by atoms with Gasteiger partial charge in [0.1, 0.15) is 6.17 Å². The van der Waals surface area contributed by atoms with E-state index in [1.807, 2.05) is 0 Å². The summed E-state index contributed by atoms with van der Waals surface area (Å²) in [4.78, 5) is 0. The van der Waals surface area contributed by atoms with Gasteiger partial charge in [-0.2, -0.15) is 0 Å². The first-order valence-electron chi connectivity index (χ1n) is 4.73. The van der Waals surface area contributed by atoms with E-state index in [0.29, 0.717) is 12.3 Å². The van der Waals surface area contributed by atoms with E-state index in [4.69, 9.17) is 5.11 Å². The predicted octanol–water partition coefficient (Wildman–Crippen LogP) is 1.09. The summed E-state index contributed by atoms with van der Waals surface area (Å²) in [5.74, 6) is 0.468. The molecule has 1 aliphatic rings. The Labute approximate surface area is 73.2 Å². The molecule has 72 valence electrons. The molecule has 0 aromatic heterocycles. The first-order valence-corrected chi connectivity index (χ1v) is 4.73. The highest BCUT2D eigenvalue weighted by Gasteiger charge is 2.21. The van der Waals surface area contributed by atoms with Gasteiger partial charge in [-0.25, -0.2) is 4.39 Å². The van der Waals surface area contributed by atoms with Gasteiger partial charge in [-0.3, -0.25) is 0 Å². The molecule has 0 aromatic carbocycles. The zero-order chi connectivity index (χ0) is 8.97. The zero-order valence-corrected chi connectivity index (χ0v) is 7.59. The molecular formula is C9H18FNO. The topological polar surface area (TPSA) is 32.3 Å². The van der Waals surface area contributed by atoms with Crippen LogP contribution < -0.4 is 5.32 Å². The molecule has 2 N–H and O–H groups in total. The third kappa shape index (κ3) is 3.07. The van der Waals surface area contributed by atoms with Crippen LogP contribution in [0.15, 0.2) is 0 Å². The Morgan fingerprint density at radius 1 is 1.50 bits per heavy atom. The number of aliphatic hydroxyl groups is 1. The third-order valence-electron chi connectivity index (χ3n) is 2.54. The van der Waals surface area contributed by atoms with Gasteiger partial charge < -0.3 is 10.4 Å². The van der Waals surface area contributed by atoms with Gasteiger partial charge in [-0.15, -0.1) is 0 Å². The maximum absolute atomic E-state index is 13.0. The van der Waals surface area contributed by atoms with Crippen LogP contribution in [0.3, 0.4) is 0 Å². The molecule has 0 saturated carbocycles. The second-order valence-corrected chi connectivity index (χ2v) is 3.69. The van der Waals surface area contributed by atoms with Crippen LogP contribution >= 0.6 is 0 Å². The summed E-state index contributed by atoms with van der Waals surface area (Å²) in [5.41, 5.74) is 0. The van der Waals surface area contributed by atoms with Crippen molar-refractivity contribution in [1.82, 2.24) is 5.32 Å². The van der Waals surface area contributed by atoms with E-state index in [-0.39, 0.29) is 0 Å². The maximum atomic E-state index is 13.0. The fourth-order valence-corrected chi connectivity index (χ4v) is 1.63. The molecule has 1 heterocycles. The lowest BCUT2D eigenvalue weighted by Gasteiger charge is -2.24. The summed E-state index contributed by atoms with van der Waals surface area (Å²) in [7, 11) is 0. The molecule has 1 saturated heterocycles. The molecule has 0 bridgehead atoms. The Balaban J connectivity index is 2.20. The van der Waals surface area contributed by atoms with Crippen molar-refractivity contribution in [3.63, 3.8) is 0 Å². The molecule has 0 aromatic rings. The quantitative estimate of drug-likeness (QED) is 0.673. The average molecular weight is 175 g/mol. The monoisotopic (exact) mass is 175 g/mol. The van der Waals surface area contributed by atoms with Crippen molar-refractivity contribution in [2.45, 2.75) is 38.5 Å². The molecule has 0 amide bonds. The Hall–Kier alpha value is -0.150. The molecule has 2 atom stereocenters. The fourth-order valence-electron chi connectivity index (χ4n) is 1.63.